The van der Waals surface area contributed by atoms with E-state index in [1.807, 2.05) is 0 Å². The van der Waals surface area contributed by atoms with Crippen LogP contribution in [0.5, 0.6) is 5.75 Å². The Labute approximate surface area is 155 Å². The summed E-state index contributed by atoms with van der Waals surface area (Å²) < 4.78 is 34.3. The van der Waals surface area contributed by atoms with Gasteiger partial charge >= 0.3 is 0 Å². The topological polar surface area (TPSA) is 85.3 Å². The van der Waals surface area contributed by atoms with Crippen LogP contribution >= 0.6 is 23.4 Å². The van der Waals surface area contributed by atoms with Gasteiger partial charge in [0.15, 0.2) is 15.0 Å². The van der Waals surface area contributed by atoms with E-state index in [-0.39, 0.29) is 29.4 Å². The standard InChI is InChI=1S/C15H17ClN2O5S2/c1-22-6-14(19)17-15-18(10-5-9(16)3-4-12(10)23-2)11-7-25(20,21)8-13(11)24-15/h3-5,11,13H,6-8H2,1-2H3/t11-,13+/m0/s1. The molecule has 7 nitrogen and oxygen atoms in total. The lowest BCUT2D eigenvalue weighted by atomic mass is 10.2. The number of benzene rings is 1. The maximum Gasteiger partial charge on any atom is 0.274 e. The van der Waals surface area contributed by atoms with Crippen LogP contribution in [-0.2, 0) is 19.4 Å². The quantitative estimate of drug-likeness (QED) is 0.753. The van der Waals surface area contributed by atoms with E-state index in [1.165, 1.54) is 26.0 Å². The van der Waals surface area contributed by atoms with Crippen molar-refractivity contribution in [3.05, 3.63) is 23.2 Å². The van der Waals surface area contributed by atoms with Crippen LogP contribution in [0, 0.1) is 0 Å². The number of hydrogen-bond acceptors (Lipinski definition) is 6. The number of amidine groups is 1. The summed E-state index contributed by atoms with van der Waals surface area (Å²) in [5.41, 5.74) is 0.594. The van der Waals surface area contributed by atoms with E-state index in [9.17, 15) is 13.2 Å². The molecule has 2 fully saturated rings. The molecule has 136 valence electrons. The summed E-state index contributed by atoms with van der Waals surface area (Å²) in [6.45, 7) is -0.141. The molecule has 0 aliphatic carbocycles. The van der Waals surface area contributed by atoms with Gasteiger partial charge in [-0.25, -0.2) is 8.42 Å². The molecule has 3 rings (SSSR count). The number of amides is 1. The fourth-order valence-corrected chi connectivity index (χ4v) is 7.05. The van der Waals surface area contributed by atoms with Crippen LogP contribution in [0.25, 0.3) is 0 Å². The van der Waals surface area contributed by atoms with Crippen LogP contribution in [0.3, 0.4) is 0 Å². The summed E-state index contributed by atoms with van der Waals surface area (Å²) in [4.78, 5) is 17.8. The van der Waals surface area contributed by atoms with Gasteiger partial charge < -0.3 is 14.4 Å². The lowest BCUT2D eigenvalue weighted by molar-refractivity contribution is -0.121. The predicted molar refractivity (Wildman–Crippen MR) is 98.6 cm³/mol. The van der Waals surface area contributed by atoms with Gasteiger partial charge in [0.2, 0.25) is 0 Å². The van der Waals surface area contributed by atoms with Crippen molar-refractivity contribution in [2.24, 2.45) is 4.99 Å². The number of ether oxygens (including phenoxy) is 2. The molecule has 2 aliphatic rings. The minimum Gasteiger partial charge on any atom is -0.495 e. The number of methoxy groups -OCH3 is 2. The third-order valence-electron chi connectivity index (χ3n) is 3.96. The van der Waals surface area contributed by atoms with E-state index in [2.05, 4.69) is 4.99 Å². The molecule has 1 aromatic rings. The van der Waals surface area contributed by atoms with Crippen molar-refractivity contribution in [1.29, 1.82) is 0 Å². The summed E-state index contributed by atoms with van der Waals surface area (Å²) in [6, 6.07) is 4.75. The molecule has 0 radical (unpaired) electrons. The Hall–Kier alpha value is -1.29. The number of carbonyl (C=O) groups is 1. The van der Waals surface area contributed by atoms with Crippen LogP contribution in [0.2, 0.25) is 5.02 Å². The Balaban J connectivity index is 2.07. The van der Waals surface area contributed by atoms with Crippen molar-refractivity contribution in [2.75, 3.05) is 37.2 Å². The van der Waals surface area contributed by atoms with E-state index in [4.69, 9.17) is 21.1 Å². The molecular weight excluding hydrogens is 388 g/mol. The molecule has 0 bridgehead atoms. The van der Waals surface area contributed by atoms with E-state index in [1.54, 1.807) is 23.1 Å². The molecule has 0 saturated carbocycles. The molecule has 2 aliphatic heterocycles. The van der Waals surface area contributed by atoms with Crippen molar-refractivity contribution < 1.29 is 22.7 Å². The first-order valence-corrected chi connectivity index (χ1v) is 10.5. The molecular formula is C15H17ClN2O5S2. The molecule has 2 saturated heterocycles. The van der Waals surface area contributed by atoms with Gasteiger partial charge in [-0.1, -0.05) is 23.4 Å². The van der Waals surface area contributed by atoms with Crippen molar-refractivity contribution in [1.82, 2.24) is 0 Å². The highest BCUT2D eigenvalue weighted by atomic mass is 35.5. The fraction of sp³-hybridized carbons (Fsp3) is 0.467. The molecule has 0 N–H and O–H groups in total. The second-order valence-corrected chi connectivity index (χ2v) is 9.50. The van der Waals surface area contributed by atoms with Crippen LogP contribution in [0.15, 0.2) is 23.2 Å². The van der Waals surface area contributed by atoms with Gasteiger partial charge in [0, 0.05) is 17.4 Å². The molecule has 1 amide bonds. The van der Waals surface area contributed by atoms with Crippen LogP contribution in [0.1, 0.15) is 0 Å². The molecule has 0 spiro atoms. The summed E-state index contributed by atoms with van der Waals surface area (Å²) in [5, 5.41) is 0.725. The molecule has 2 atom stereocenters. The van der Waals surface area contributed by atoms with Gasteiger partial charge in [0.25, 0.3) is 5.91 Å². The van der Waals surface area contributed by atoms with Gasteiger partial charge in [-0.15, -0.1) is 0 Å². The number of anilines is 1. The lowest BCUT2D eigenvalue weighted by Crippen LogP contribution is -2.38. The summed E-state index contributed by atoms with van der Waals surface area (Å²) >= 11 is 7.41. The highest BCUT2D eigenvalue weighted by Gasteiger charge is 2.50. The fourth-order valence-electron chi connectivity index (χ4n) is 2.96. The summed E-state index contributed by atoms with van der Waals surface area (Å²) in [6.07, 6.45) is 0. The number of fused-ring (bicyclic) bond motifs is 1. The second-order valence-electron chi connectivity index (χ2n) is 5.71. The average Bonchev–Trinajstić information content (AvgIpc) is 2.98. The molecule has 0 aromatic heterocycles. The Morgan fingerprint density at radius 2 is 2.16 bits per heavy atom. The first-order valence-electron chi connectivity index (χ1n) is 7.45. The minimum atomic E-state index is -3.14. The number of rotatable bonds is 4. The smallest absolute Gasteiger partial charge is 0.274 e. The summed E-state index contributed by atoms with van der Waals surface area (Å²) in [5.74, 6) is 0.150. The van der Waals surface area contributed by atoms with E-state index >= 15 is 0 Å². The Bertz CT molecular complexity index is 827. The normalized spacial score (nSPS) is 26.0. The largest absolute Gasteiger partial charge is 0.495 e. The van der Waals surface area contributed by atoms with Crippen molar-refractivity contribution in [2.45, 2.75) is 11.3 Å². The zero-order chi connectivity index (χ0) is 18.2. The number of sulfone groups is 1. The zero-order valence-corrected chi connectivity index (χ0v) is 16.0. The molecule has 1 aromatic carbocycles. The number of halogens is 1. The Morgan fingerprint density at radius 3 is 2.84 bits per heavy atom. The first kappa shape index (κ1) is 18.5. The highest BCUT2D eigenvalue weighted by molar-refractivity contribution is 8.16. The maximum atomic E-state index is 12.0. The second kappa shape index (κ2) is 7.14. The van der Waals surface area contributed by atoms with Gasteiger partial charge in [-0.2, -0.15) is 4.99 Å². The maximum absolute atomic E-state index is 12.0. The number of aliphatic imine (C=N–C) groups is 1. The van der Waals surface area contributed by atoms with Gasteiger partial charge in [0.05, 0.1) is 30.3 Å². The lowest BCUT2D eigenvalue weighted by Gasteiger charge is -2.26. The van der Waals surface area contributed by atoms with Gasteiger partial charge in [-0.3, -0.25) is 4.79 Å². The third kappa shape index (κ3) is 3.79. The SMILES string of the molecule is COCC(=O)N=C1S[C@@H]2CS(=O)(=O)C[C@@H]2N1c1cc(Cl)ccc1OC. The van der Waals surface area contributed by atoms with Crippen LogP contribution in [0.4, 0.5) is 5.69 Å². The molecule has 25 heavy (non-hydrogen) atoms. The molecule has 10 heteroatoms. The van der Waals surface area contributed by atoms with Crippen molar-refractivity contribution in [3.63, 3.8) is 0 Å². The van der Waals surface area contributed by atoms with Crippen molar-refractivity contribution >= 4 is 50.0 Å². The van der Waals surface area contributed by atoms with Crippen LogP contribution in [-0.4, -0.2) is 63.1 Å². The minimum absolute atomic E-state index is 0.00216. The van der Waals surface area contributed by atoms with Gasteiger partial charge in [0.1, 0.15) is 12.4 Å². The predicted octanol–water partition coefficient (Wildman–Crippen LogP) is 1.60. The molecule has 2 heterocycles. The average molecular weight is 405 g/mol. The Morgan fingerprint density at radius 1 is 1.40 bits per heavy atom. The number of nitrogens with zero attached hydrogens (tertiary/aromatic N) is 2. The van der Waals surface area contributed by atoms with Crippen molar-refractivity contribution in [3.8, 4) is 5.75 Å². The number of carbonyl (C=O) groups excluding carboxylic acids is 1. The third-order valence-corrected chi connectivity index (χ3v) is 7.40. The number of thioether (sulfide) groups is 1. The van der Waals surface area contributed by atoms with E-state index < -0.39 is 15.7 Å². The van der Waals surface area contributed by atoms with Crippen LogP contribution < -0.4 is 9.64 Å². The van der Waals surface area contributed by atoms with Gasteiger partial charge in [-0.05, 0) is 18.2 Å². The highest BCUT2D eigenvalue weighted by Crippen LogP contribution is 2.44. The number of hydrogen-bond donors (Lipinski definition) is 0. The zero-order valence-electron chi connectivity index (χ0n) is 13.6. The van der Waals surface area contributed by atoms with E-state index in [0.717, 1.165) is 0 Å². The van der Waals surface area contributed by atoms with E-state index in [0.29, 0.717) is 21.6 Å². The Kier molecular flexibility index (Phi) is 5.29. The first-order chi connectivity index (χ1) is 11.8. The molecule has 0 unspecified atom stereocenters. The monoisotopic (exact) mass is 404 g/mol. The summed E-state index contributed by atoms with van der Waals surface area (Å²) in [7, 11) is -0.204.